The third-order valence-electron chi connectivity index (χ3n) is 4.75. The normalized spacial score (nSPS) is 14.6. The SMILES string of the molecule is CCN(CC(=O)NC(C)C)CC(=O)N[C@H](c1ccc2c(c1)OCCCO2)C(C)C. The highest BCUT2D eigenvalue weighted by Crippen LogP contribution is 2.34. The van der Waals surface area contributed by atoms with Crippen LogP contribution in [0.4, 0.5) is 0 Å². The second-order valence-corrected chi connectivity index (χ2v) is 8.07. The predicted molar refractivity (Wildman–Crippen MR) is 113 cm³/mol. The van der Waals surface area contributed by atoms with Crippen molar-refractivity contribution in [3.63, 3.8) is 0 Å². The number of ether oxygens (including phenoxy) is 2. The van der Waals surface area contributed by atoms with Crippen LogP contribution in [0.25, 0.3) is 0 Å². The van der Waals surface area contributed by atoms with E-state index in [4.69, 9.17) is 9.47 Å². The number of hydrogen-bond donors (Lipinski definition) is 2. The fraction of sp³-hybridized carbons (Fsp3) is 0.636. The Hall–Kier alpha value is -2.28. The van der Waals surface area contributed by atoms with E-state index in [1.54, 1.807) is 0 Å². The van der Waals surface area contributed by atoms with Gasteiger partial charge in [0.25, 0.3) is 0 Å². The van der Waals surface area contributed by atoms with Gasteiger partial charge in [-0.1, -0.05) is 26.8 Å². The Bertz CT molecular complexity index is 691. The third kappa shape index (κ3) is 7.24. The van der Waals surface area contributed by atoms with E-state index in [1.165, 1.54) is 0 Å². The molecule has 0 saturated carbocycles. The standard InChI is InChI=1S/C22H35N3O4/c1-6-25(13-20(26)23-16(4)5)14-21(27)24-22(15(2)3)17-8-9-18-19(12-17)29-11-7-10-28-18/h8-9,12,15-16,22H,6-7,10-11,13-14H2,1-5H3,(H,23,26)(H,24,27)/t22-/m0/s1. The van der Waals surface area contributed by atoms with Gasteiger partial charge >= 0.3 is 0 Å². The average molecular weight is 406 g/mol. The van der Waals surface area contributed by atoms with Crippen molar-refractivity contribution in [3.8, 4) is 11.5 Å². The van der Waals surface area contributed by atoms with Crippen LogP contribution in [0, 0.1) is 5.92 Å². The molecule has 7 nitrogen and oxygen atoms in total. The van der Waals surface area contributed by atoms with Crippen LogP contribution in [0.5, 0.6) is 11.5 Å². The highest BCUT2D eigenvalue weighted by molar-refractivity contribution is 5.81. The van der Waals surface area contributed by atoms with Crippen LogP contribution >= 0.6 is 0 Å². The number of amides is 2. The fourth-order valence-electron chi connectivity index (χ4n) is 3.28. The maximum atomic E-state index is 12.7. The quantitative estimate of drug-likeness (QED) is 0.660. The maximum Gasteiger partial charge on any atom is 0.234 e. The Morgan fingerprint density at radius 1 is 1.00 bits per heavy atom. The van der Waals surface area contributed by atoms with Gasteiger partial charge in [-0.3, -0.25) is 14.5 Å². The van der Waals surface area contributed by atoms with Crippen LogP contribution in [0.3, 0.4) is 0 Å². The summed E-state index contributed by atoms with van der Waals surface area (Å²) < 4.78 is 11.5. The zero-order chi connectivity index (χ0) is 21.4. The number of benzene rings is 1. The minimum atomic E-state index is -0.150. The highest BCUT2D eigenvalue weighted by Gasteiger charge is 2.22. The highest BCUT2D eigenvalue weighted by atomic mass is 16.5. The van der Waals surface area contributed by atoms with Gasteiger partial charge in [0.05, 0.1) is 32.3 Å². The Balaban J connectivity index is 2.03. The molecule has 2 amide bonds. The minimum absolute atomic E-state index is 0.0713. The number of carbonyl (C=O) groups excluding carboxylic acids is 2. The Labute approximate surface area is 174 Å². The van der Waals surface area contributed by atoms with Gasteiger partial charge in [-0.15, -0.1) is 0 Å². The lowest BCUT2D eigenvalue weighted by atomic mass is 9.95. The van der Waals surface area contributed by atoms with Gasteiger partial charge < -0.3 is 20.1 Å². The van der Waals surface area contributed by atoms with E-state index in [1.807, 2.05) is 43.9 Å². The number of likely N-dealkylation sites (N-methyl/N-ethyl adjacent to an activating group) is 1. The number of carbonyl (C=O) groups is 2. The lowest BCUT2D eigenvalue weighted by molar-refractivity contribution is -0.125. The molecule has 1 aliphatic heterocycles. The molecule has 1 aliphatic rings. The summed E-state index contributed by atoms with van der Waals surface area (Å²) in [7, 11) is 0. The molecule has 1 aromatic carbocycles. The lowest BCUT2D eigenvalue weighted by Crippen LogP contribution is -2.45. The van der Waals surface area contributed by atoms with E-state index >= 15 is 0 Å². The van der Waals surface area contributed by atoms with Gasteiger partial charge in [0.1, 0.15) is 0 Å². The summed E-state index contributed by atoms with van der Waals surface area (Å²) in [4.78, 5) is 26.5. The molecule has 1 atom stereocenters. The molecule has 0 saturated heterocycles. The van der Waals surface area contributed by atoms with Gasteiger partial charge in [0.2, 0.25) is 11.8 Å². The van der Waals surface area contributed by atoms with Crippen molar-refractivity contribution < 1.29 is 19.1 Å². The van der Waals surface area contributed by atoms with E-state index in [9.17, 15) is 9.59 Å². The van der Waals surface area contributed by atoms with E-state index in [2.05, 4.69) is 24.5 Å². The van der Waals surface area contributed by atoms with Crippen LogP contribution in [0.2, 0.25) is 0 Å². The Morgan fingerprint density at radius 2 is 1.62 bits per heavy atom. The predicted octanol–water partition coefficient (Wildman–Crippen LogP) is 2.51. The van der Waals surface area contributed by atoms with E-state index in [0.29, 0.717) is 19.8 Å². The molecule has 2 N–H and O–H groups in total. The first kappa shape index (κ1) is 23.0. The molecular formula is C22H35N3O4. The zero-order valence-electron chi connectivity index (χ0n) is 18.3. The van der Waals surface area contributed by atoms with Crippen molar-refractivity contribution in [3.05, 3.63) is 23.8 Å². The van der Waals surface area contributed by atoms with Crippen molar-refractivity contribution in [1.82, 2.24) is 15.5 Å². The monoisotopic (exact) mass is 405 g/mol. The first-order valence-electron chi connectivity index (χ1n) is 10.5. The average Bonchev–Trinajstić information content (AvgIpc) is 2.89. The first-order chi connectivity index (χ1) is 13.8. The van der Waals surface area contributed by atoms with Crippen LogP contribution in [0.1, 0.15) is 52.6 Å². The molecule has 0 aromatic heterocycles. The Kier molecular flexibility index (Phi) is 8.76. The summed E-state index contributed by atoms with van der Waals surface area (Å²) in [6, 6.07) is 5.78. The van der Waals surface area contributed by atoms with Crippen LogP contribution in [0.15, 0.2) is 18.2 Å². The molecule has 162 valence electrons. The molecule has 1 aromatic rings. The zero-order valence-corrected chi connectivity index (χ0v) is 18.3. The van der Waals surface area contributed by atoms with Gasteiger partial charge in [-0.2, -0.15) is 0 Å². The molecule has 0 spiro atoms. The van der Waals surface area contributed by atoms with E-state index in [-0.39, 0.29) is 42.9 Å². The van der Waals surface area contributed by atoms with E-state index < -0.39 is 0 Å². The van der Waals surface area contributed by atoms with Gasteiger partial charge in [0.15, 0.2) is 11.5 Å². The van der Waals surface area contributed by atoms with Crippen LogP contribution in [-0.4, -0.2) is 55.6 Å². The second kappa shape index (κ2) is 11.0. The molecule has 0 radical (unpaired) electrons. The molecule has 7 heteroatoms. The summed E-state index contributed by atoms with van der Waals surface area (Å²) in [5.41, 5.74) is 0.984. The largest absolute Gasteiger partial charge is 0.490 e. The Morgan fingerprint density at radius 3 is 2.21 bits per heavy atom. The molecule has 0 unspecified atom stereocenters. The van der Waals surface area contributed by atoms with Crippen molar-refractivity contribution in [2.24, 2.45) is 5.92 Å². The molecule has 2 rings (SSSR count). The topological polar surface area (TPSA) is 79.9 Å². The molecule has 1 heterocycles. The molecule has 29 heavy (non-hydrogen) atoms. The fourth-order valence-corrected chi connectivity index (χ4v) is 3.28. The summed E-state index contributed by atoms with van der Waals surface area (Å²) >= 11 is 0. The number of nitrogens with one attached hydrogen (secondary N) is 2. The second-order valence-electron chi connectivity index (χ2n) is 8.07. The molecule has 0 bridgehead atoms. The summed E-state index contributed by atoms with van der Waals surface area (Å²) in [6.07, 6.45) is 0.853. The number of fused-ring (bicyclic) bond motifs is 1. The lowest BCUT2D eigenvalue weighted by Gasteiger charge is -2.26. The third-order valence-corrected chi connectivity index (χ3v) is 4.75. The van der Waals surface area contributed by atoms with Crippen molar-refractivity contribution in [2.75, 3.05) is 32.8 Å². The van der Waals surface area contributed by atoms with Crippen LogP contribution < -0.4 is 20.1 Å². The smallest absolute Gasteiger partial charge is 0.234 e. The number of nitrogens with zero attached hydrogens (tertiary/aromatic N) is 1. The first-order valence-corrected chi connectivity index (χ1v) is 10.5. The van der Waals surface area contributed by atoms with Crippen molar-refractivity contribution in [2.45, 2.75) is 53.1 Å². The summed E-state index contributed by atoms with van der Waals surface area (Å²) in [5.74, 6) is 1.49. The molecular weight excluding hydrogens is 370 g/mol. The van der Waals surface area contributed by atoms with Gasteiger partial charge in [-0.25, -0.2) is 0 Å². The molecule has 0 fully saturated rings. The maximum absolute atomic E-state index is 12.7. The van der Waals surface area contributed by atoms with Crippen molar-refractivity contribution >= 4 is 11.8 Å². The van der Waals surface area contributed by atoms with Gasteiger partial charge in [-0.05, 0) is 44.0 Å². The molecule has 0 aliphatic carbocycles. The number of hydrogen-bond acceptors (Lipinski definition) is 5. The summed E-state index contributed by atoms with van der Waals surface area (Å²) in [6.45, 7) is 12.2. The summed E-state index contributed by atoms with van der Waals surface area (Å²) in [5, 5.41) is 5.99. The van der Waals surface area contributed by atoms with Gasteiger partial charge in [0, 0.05) is 12.5 Å². The number of rotatable bonds is 9. The minimum Gasteiger partial charge on any atom is -0.490 e. The van der Waals surface area contributed by atoms with Crippen LogP contribution in [-0.2, 0) is 9.59 Å². The van der Waals surface area contributed by atoms with Crippen molar-refractivity contribution in [1.29, 1.82) is 0 Å². The van der Waals surface area contributed by atoms with E-state index in [0.717, 1.165) is 23.5 Å².